The number of unbranched alkanes of at least 4 members (excludes halogenated alkanes) is 1. The lowest BCUT2D eigenvalue weighted by atomic mass is 9.84. The van der Waals surface area contributed by atoms with Crippen LogP contribution in [0.15, 0.2) is 303 Å². The highest BCUT2D eigenvalue weighted by Crippen LogP contribution is 2.48. The van der Waals surface area contributed by atoms with Crippen molar-refractivity contribution in [1.29, 1.82) is 0 Å². The van der Waals surface area contributed by atoms with Crippen LogP contribution in [0.3, 0.4) is 0 Å². The Balaban J connectivity index is 0.000000198. The Bertz CT molecular complexity index is 3080. The fourth-order valence-corrected chi connectivity index (χ4v) is 11.8. The molecular formula is C80H86O8S2. The van der Waals surface area contributed by atoms with E-state index in [4.69, 9.17) is 46.2 Å². The monoisotopic (exact) mass is 1240 g/mol. The van der Waals surface area contributed by atoms with Crippen LogP contribution in [0.25, 0.3) is 0 Å². The van der Waals surface area contributed by atoms with Crippen molar-refractivity contribution in [2.24, 2.45) is 0 Å². The molecule has 1 aliphatic rings. The summed E-state index contributed by atoms with van der Waals surface area (Å²) in [6.07, 6.45) is 2.56. The van der Waals surface area contributed by atoms with Gasteiger partial charge in [0.1, 0.15) is 0 Å². The predicted molar refractivity (Wildman–Crippen MR) is 370 cm³/mol. The average Bonchev–Trinajstić information content (AvgIpc) is 0.977. The summed E-state index contributed by atoms with van der Waals surface area (Å²) in [6, 6.07) is 104. The van der Waals surface area contributed by atoms with E-state index in [9.17, 15) is 0 Å². The lowest BCUT2D eigenvalue weighted by Crippen LogP contribution is -2.26. The fourth-order valence-electron chi connectivity index (χ4n) is 9.99. The summed E-state index contributed by atoms with van der Waals surface area (Å²) in [4.78, 5) is 0. The Morgan fingerprint density at radius 3 is 0.900 bits per heavy atom. The first kappa shape index (κ1) is 68.5. The molecule has 1 saturated heterocycles. The summed E-state index contributed by atoms with van der Waals surface area (Å²) < 4.78 is 39.4. The van der Waals surface area contributed by atoms with Gasteiger partial charge in [0.25, 0.3) is 0 Å². The van der Waals surface area contributed by atoms with Crippen molar-refractivity contribution in [3.8, 4) is 0 Å². The van der Waals surface area contributed by atoms with E-state index in [1.54, 1.807) is 0 Å². The molecule has 10 aromatic rings. The summed E-state index contributed by atoms with van der Waals surface area (Å²) in [5.74, 6) is 0.853. The molecule has 0 radical (unpaired) electrons. The number of hydrogen-bond acceptors (Lipinski definition) is 10. The maximum Gasteiger partial charge on any atom is 0.160 e. The smallest absolute Gasteiger partial charge is 0.160 e. The minimum atomic E-state index is -0.427. The highest BCUT2D eigenvalue weighted by atomic mass is 32.2. The fraction of sp³-hybridized carbons (Fsp3) is 0.250. The first-order valence-corrected chi connectivity index (χ1v) is 32.6. The van der Waals surface area contributed by atoms with Gasteiger partial charge in [0, 0.05) is 25.4 Å². The molecule has 0 amide bonds. The molecule has 10 aromatic carbocycles. The second kappa shape index (κ2) is 40.3. The van der Waals surface area contributed by atoms with Gasteiger partial charge in [0.2, 0.25) is 0 Å². The number of epoxide rings is 1. The molecule has 90 heavy (non-hydrogen) atoms. The van der Waals surface area contributed by atoms with Crippen LogP contribution in [0.4, 0.5) is 0 Å². The van der Waals surface area contributed by atoms with Crippen LogP contribution in [-0.4, -0.2) is 69.7 Å². The first-order valence-electron chi connectivity index (χ1n) is 31.2. The van der Waals surface area contributed by atoms with Crippen LogP contribution in [0.5, 0.6) is 0 Å². The van der Waals surface area contributed by atoms with Crippen molar-refractivity contribution in [3.63, 3.8) is 0 Å². The summed E-state index contributed by atoms with van der Waals surface area (Å²) in [5.41, 5.74) is 11.8. The topological polar surface area (TPSA) is 88.1 Å². The molecule has 0 bridgehead atoms. The Morgan fingerprint density at radius 1 is 0.344 bits per heavy atom. The molecule has 0 aromatic heterocycles. The molecule has 10 heteroatoms. The SMILES string of the molecule is C1CO1.OCCC(OCc1ccccc1)OCc1ccccc1.SC(c1ccccc1)(c1ccccc1)c1ccccc1.c1ccc(COC(CCCCOCCOCCSC(c2ccccc2)(c2ccccc2)c2ccccc2)OCc2ccccc2)cc1. The van der Waals surface area contributed by atoms with Gasteiger partial charge in [-0.1, -0.05) is 303 Å². The number of aliphatic hydroxyl groups is 1. The van der Waals surface area contributed by atoms with Gasteiger partial charge in [-0.25, -0.2) is 0 Å². The molecule has 0 aliphatic carbocycles. The Kier molecular flexibility index (Phi) is 30.7. The van der Waals surface area contributed by atoms with Crippen molar-refractivity contribution in [3.05, 3.63) is 359 Å². The van der Waals surface area contributed by atoms with Crippen LogP contribution < -0.4 is 0 Å². The van der Waals surface area contributed by atoms with Crippen molar-refractivity contribution >= 4 is 24.4 Å². The van der Waals surface area contributed by atoms with E-state index >= 15 is 0 Å². The molecule has 1 aliphatic heterocycles. The van der Waals surface area contributed by atoms with Gasteiger partial charge in [0.05, 0.1) is 69.0 Å². The normalized spacial score (nSPS) is 11.8. The van der Waals surface area contributed by atoms with E-state index in [1.807, 2.05) is 127 Å². The molecule has 466 valence electrons. The highest BCUT2D eigenvalue weighted by Gasteiger charge is 2.37. The van der Waals surface area contributed by atoms with Gasteiger partial charge in [-0.15, -0.1) is 11.8 Å². The van der Waals surface area contributed by atoms with E-state index in [1.165, 1.54) is 33.4 Å². The largest absolute Gasteiger partial charge is 0.396 e. The second-order valence-electron chi connectivity index (χ2n) is 21.3. The van der Waals surface area contributed by atoms with Gasteiger partial charge >= 0.3 is 0 Å². The maximum atomic E-state index is 9.07. The lowest BCUT2D eigenvalue weighted by Gasteiger charge is -2.35. The van der Waals surface area contributed by atoms with Crippen molar-refractivity contribution in [2.75, 3.05) is 52.0 Å². The Hall–Kier alpha value is -7.42. The zero-order valence-electron chi connectivity index (χ0n) is 51.5. The van der Waals surface area contributed by atoms with Crippen molar-refractivity contribution < 1.29 is 38.3 Å². The van der Waals surface area contributed by atoms with E-state index in [0.29, 0.717) is 59.3 Å². The van der Waals surface area contributed by atoms with E-state index in [0.717, 1.165) is 60.5 Å². The molecule has 8 nitrogen and oxygen atoms in total. The minimum absolute atomic E-state index is 0.0498. The molecule has 0 unspecified atom stereocenters. The zero-order valence-corrected chi connectivity index (χ0v) is 53.2. The number of benzene rings is 10. The zero-order chi connectivity index (χ0) is 62.3. The standard InChI is InChI=1S/C42H46O4S.C19H16S.C17H20O3.C2H4O/c1-6-18-36(19-7-1)34-45-41(46-35-37-20-8-2-9-21-37)28-16-17-29-43-30-31-44-32-33-47-42(38-22-10-3-11-23-38,39-24-12-4-13-25-39)40-26-14-5-15-27-40;20-19(16-10-4-1-5-11-16,17-12-6-2-7-13-17)18-14-8-3-9-15-18;18-12-11-17(19-13-15-7-3-1-4-8-15)20-14-16-9-5-2-6-10-16;1-2-3-1/h1-15,18-27,41H,16-17,28-35H2;1-15,20H;1-10,17-18H,11-14H2;1-2H2. The number of ether oxygens (including phenoxy) is 7. The van der Waals surface area contributed by atoms with Crippen molar-refractivity contribution in [2.45, 2.75) is 74.2 Å². The van der Waals surface area contributed by atoms with Gasteiger partial charge in [-0.3, -0.25) is 0 Å². The number of rotatable bonds is 32. The summed E-state index contributed by atoms with van der Waals surface area (Å²) in [7, 11) is 0. The molecule has 1 heterocycles. The number of hydrogen-bond donors (Lipinski definition) is 2. The third-order valence-electron chi connectivity index (χ3n) is 14.7. The van der Waals surface area contributed by atoms with Crippen LogP contribution in [0, 0.1) is 0 Å². The molecule has 1 fully saturated rings. The second-order valence-corrected chi connectivity index (χ2v) is 23.3. The van der Waals surface area contributed by atoms with E-state index in [-0.39, 0.29) is 23.9 Å². The molecule has 0 atom stereocenters. The number of thioether (sulfide) groups is 1. The van der Waals surface area contributed by atoms with Crippen LogP contribution >= 0.6 is 24.4 Å². The van der Waals surface area contributed by atoms with E-state index < -0.39 is 4.75 Å². The van der Waals surface area contributed by atoms with Gasteiger partial charge in [0.15, 0.2) is 12.6 Å². The summed E-state index contributed by atoms with van der Waals surface area (Å²) in [5, 5.41) is 9.07. The molecular weight excluding hydrogens is 1150 g/mol. The van der Waals surface area contributed by atoms with Crippen LogP contribution in [0.2, 0.25) is 0 Å². The highest BCUT2D eigenvalue weighted by molar-refractivity contribution is 8.00. The first-order chi connectivity index (χ1) is 44.5. The summed E-state index contributed by atoms with van der Waals surface area (Å²) in [6.45, 7) is 6.62. The third-order valence-corrected chi connectivity index (χ3v) is 17.0. The number of aliphatic hydroxyl groups excluding tert-OH is 1. The average molecular weight is 1240 g/mol. The van der Waals surface area contributed by atoms with Gasteiger partial charge in [-0.2, -0.15) is 12.6 Å². The maximum absolute atomic E-state index is 9.07. The van der Waals surface area contributed by atoms with Crippen LogP contribution in [-0.2, 0) is 69.1 Å². The summed E-state index contributed by atoms with van der Waals surface area (Å²) >= 11 is 7.01. The Morgan fingerprint density at radius 2 is 0.611 bits per heavy atom. The molecule has 0 spiro atoms. The van der Waals surface area contributed by atoms with Gasteiger partial charge in [-0.05, 0) is 74.9 Å². The number of thiol groups is 1. The minimum Gasteiger partial charge on any atom is -0.396 e. The molecule has 1 N–H and O–H groups in total. The molecule has 11 rings (SSSR count). The van der Waals surface area contributed by atoms with Crippen LogP contribution in [0.1, 0.15) is 81.3 Å². The predicted octanol–water partition coefficient (Wildman–Crippen LogP) is 17.7. The van der Waals surface area contributed by atoms with E-state index in [2.05, 4.69) is 193 Å². The molecule has 0 saturated carbocycles. The third kappa shape index (κ3) is 23.4. The van der Waals surface area contributed by atoms with Gasteiger partial charge < -0.3 is 38.3 Å². The Labute approximate surface area is 544 Å². The van der Waals surface area contributed by atoms with Crippen molar-refractivity contribution in [1.82, 2.24) is 0 Å². The quantitative estimate of drug-likeness (QED) is 0.0141. The lowest BCUT2D eigenvalue weighted by molar-refractivity contribution is -0.163.